The molecule has 0 saturated carbocycles. The number of methoxy groups -OCH3 is 1. The Morgan fingerprint density at radius 3 is 2.42 bits per heavy atom. The number of rotatable bonds is 2. The van der Waals surface area contributed by atoms with Crippen LogP contribution in [-0.4, -0.2) is 18.1 Å². The van der Waals surface area contributed by atoms with Crippen LogP contribution in [0.5, 0.6) is 0 Å². The van der Waals surface area contributed by atoms with Crippen molar-refractivity contribution in [2.45, 2.75) is 0 Å². The molecular formula is C13H9Cl2NO3. The average Bonchev–Trinajstić information content (AvgIpc) is 2.36. The van der Waals surface area contributed by atoms with E-state index < -0.39 is 11.5 Å². The number of H-pyrrole nitrogens is 1. The van der Waals surface area contributed by atoms with E-state index in [2.05, 4.69) is 9.72 Å². The fraction of sp³-hybridized carbons (Fsp3) is 0.0769. The van der Waals surface area contributed by atoms with Gasteiger partial charge in [-0.1, -0.05) is 23.2 Å². The van der Waals surface area contributed by atoms with Crippen molar-refractivity contribution in [3.05, 3.63) is 56.4 Å². The summed E-state index contributed by atoms with van der Waals surface area (Å²) in [6, 6.07) is 6.13. The van der Waals surface area contributed by atoms with Gasteiger partial charge in [0.25, 0.3) is 5.56 Å². The Bertz CT molecular complexity index is 674. The second-order valence-electron chi connectivity index (χ2n) is 3.75. The zero-order valence-electron chi connectivity index (χ0n) is 9.87. The molecular weight excluding hydrogens is 289 g/mol. The van der Waals surface area contributed by atoms with Crippen molar-refractivity contribution in [1.29, 1.82) is 0 Å². The van der Waals surface area contributed by atoms with E-state index in [1.165, 1.54) is 19.4 Å². The van der Waals surface area contributed by atoms with Crippen LogP contribution in [0, 0.1) is 0 Å². The lowest BCUT2D eigenvalue weighted by Crippen LogP contribution is -2.15. The van der Waals surface area contributed by atoms with Gasteiger partial charge < -0.3 is 9.72 Å². The molecule has 1 heterocycles. The smallest absolute Gasteiger partial charge is 0.338 e. The Balaban J connectivity index is 2.74. The predicted octanol–water partition coefficient (Wildman–Crippen LogP) is 3.14. The number of nitrogens with one attached hydrogen (secondary N) is 1. The number of carbonyl (C=O) groups is 1. The number of ether oxygens (including phenoxy) is 1. The SMILES string of the molecule is COC(=O)c1cc[nH]c(=O)c1-c1cc(Cl)cc(Cl)c1. The number of benzene rings is 1. The van der Waals surface area contributed by atoms with Crippen LogP contribution in [0.1, 0.15) is 10.4 Å². The maximum Gasteiger partial charge on any atom is 0.338 e. The highest BCUT2D eigenvalue weighted by atomic mass is 35.5. The Kier molecular flexibility index (Phi) is 3.93. The van der Waals surface area contributed by atoms with Crippen molar-refractivity contribution < 1.29 is 9.53 Å². The molecule has 4 nitrogen and oxygen atoms in total. The summed E-state index contributed by atoms with van der Waals surface area (Å²) in [5.41, 5.74) is 0.379. The van der Waals surface area contributed by atoms with E-state index in [-0.39, 0.29) is 11.1 Å². The highest BCUT2D eigenvalue weighted by Gasteiger charge is 2.17. The molecule has 0 spiro atoms. The van der Waals surface area contributed by atoms with Gasteiger partial charge in [0.15, 0.2) is 0 Å². The summed E-state index contributed by atoms with van der Waals surface area (Å²) in [7, 11) is 1.25. The molecule has 1 N–H and O–H groups in total. The second kappa shape index (κ2) is 5.47. The monoisotopic (exact) mass is 297 g/mol. The molecule has 0 aliphatic rings. The number of aromatic nitrogens is 1. The Labute approximate surface area is 118 Å². The molecule has 2 rings (SSSR count). The molecule has 0 fully saturated rings. The predicted molar refractivity (Wildman–Crippen MR) is 73.9 cm³/mol. The number of halogens is 2. The van der Waals surface area contributed by atoms with Crippen molar-refractivity contribution in [1.82, 2.24) is 4.98 Å². The van der Waals surface area contributed by atoms with Gasteiger partial charge >= 0.3 is 5.97 Å². The first-order valence-corrected chi connectivity index (χ1v) is 6.05. The second-order valence-corrected chi connectivity index (χ2v) is 4.62. The van der Waals surface area contributed by atoms with Crippen molar-refractivity contribution in [2.24, 2.45) is 0 Å². The van der Waals surface area contributed by atoms with Gasteiger partial charge in [0, 0.05) is 16.2 Å². The third-order valence-electron chi connectivity index (χ3n) is 2.52. The minimum Gasteiger partial charge on any atom is -0.465 e. The number of esters is 1. The van der Waals surface area contributed by atoms with Crippen LogP contribution in [0.4, 0.5) is 0 Å². The molecule has 0 bridgehead atoms. The van der Waals surface area contributed by atoms with Gasteiger partial charge in [-0.15, -0.1) is 0 Å². The molecule has 0 atom stereocenters. The summed E-state index contributed by atoms with van der Waals surface area (Å²) in [5.74, 6) is -0.600. The van der Waals surface area contributed by atoms with E-state index in [9.17, 15) is 9.59 Å². The van der Waals surface area contributed by atoms with Gasteiger partial charge in [0.2, 0.25) is 0 Å². The summed E-state index contributed by atoms with van der Waals surface area (Å²) >= 11 is 11.8. The summed E-state index contributed by atoms with van der Waals surface area (Å²) in [5, 5.41) is 0.753. The molecule has 0 unspecified atom stereocenters. The highest BCUT2D eigenvalue weighted by Crippen LogP contribution is 2.27. The molecule has 0 amide bonds. The van der Waals surface area contributed by atoms with E-state index in [4.69, 9.17) is 23.2 Å². The molecule has 19 heavy (non-hydrogen) atoms. The third kappa shape index (κ3) is 2.80. The Hall–Kier alpha value is -1.78. The van der Waals surface area contributed by atoms with Crippen LogP contribution in [0.15, 0.2) is 35.3 Å². The number of aromatic amines is 1. The minimum atomic E-state index is -0.600. The molecule has 2 aromatic rings. The lowest BCUT2D eigenvalue weighted by Gasteiger charge is -2.07. The highest BCUT2D eigenvalue weighted by molar-refractivity contribution is 6.35. The van der Waals surface area contributed by atoms with Crippen molar-refractivity contribution in [2.75, 3.05) is 7.11 Å². The maximum absolute atomic E-state index is 11.9. The Morgan fingerprint density at radius 2 is 1.84 bits per heavy atom. The molecule has 1 aromatic carbocycles. The Morgan fingerprint density at radius 1 is 1.21 bits per heavy atom. The topological polar surface area (TPSA) is 59.2 Å². The quantitative estimate of drug-likeness (QED) is 0.866. The number of carbonyl (C=O) groups excluding carboxylic acids is 1. The third-order valence-corrected chi connectivity index (χ3v) is 2.95. The van der Waals surface area contributed by atoms with Gasteiger partial charge in [0.1, 0.15) is 0 Å². The van der Waals surface area contributed by atoms with E-state index >= 15 is 0 Å². The first kappa shape index (κ1) is 13.6. The zero-order valence-corrected chi connectivity index (χ0v) is 11.4. The summed E-state index contributed by atoms with van der Waals surface area (Å²) in [6.45, 7) is 0. The normalized spacial score (nSPS) is 10.3. The fourth-order valence-corrected chi connectivity index (χ4v) is 2.27. The van der Waals surface area contributed by atoms with Gasteiger partial charge in [-0.3, -0.25) is 4.79 Å². The van der Waals surface area contributed by atoms with E-state index in [1.54, 1.807) is 18.2 Å². The molecule has 98 valence electrons. The largest absolute Gasteiger partial charge is 0.465 e. The zero-order chi connectivity index (χ0) is 14.0. The summed E-state index contributed by atoms with van der Waals surface area (Å²) in [6.07, 6.45) is 1.38. The van der Waals surface area contributed by atoms with Gasteiger partial charge in [-0.05, 0) is 29.8 Å². The fourth-order valence-electron chi connectivity index (χ4n) is 1.74. The van der Waals surface area contributed by atoms with Gasteiger partial charge in [-0.2, -0.15) is 0 Å². The van der Waals surface area contributed by atoms with Gasteiger partial charge in [-0.25, -0.2) is 4.79 Å². The molecule has 6 heteroatoms. The van der Waals surface area contributed by atoms with Crippen LogP contribution >= 0.6 is 23.2 Å². The lowest BCUT2D eigenvalue weighted by molar-refractivity contribution is 0.0601. The van der Waals surface area contributed by atoms with Crippen LogP contribution in [0.3, 0.4) is 0 Å². The van der Waals surface area contributed by atoms with E-state index in [0.29, 0.717) is 15.6 Å². The van der Waals surface area contributed by atoms with Crippen molar-refractivity contribution in [3.63, 3.8) is 0 Å². The minimum absolute atomic E-state index is 0.157. The van der Waals surface area contributed by atoms with Crippen molar-refractivity contribution >= 4 is 29.2 Å². The van der Waals surface area contributed by atoms with Gasteiger partial charge in [0.05, 0.1) is 18.2 Å². The maximum atomic E-state index is 11.9. The van der Waals surface area contributed by atoms with Crippen molar-refractivity contribution in [3.8, 4) is 11.1 Å². The molecule has 0 saturated heterocycles. The number of pyridine rings is 1. The standard InChI is InChI=1S/C13H9Cl2NO3/c1-19-13(18)10-2-3-16-12(17)11(10)7-4-8(14)6-9(15)5-7/h2-6H,1H3,(H,16,17). The van der Waals surface area contributed by atoms with E-state index in [0.717, 1.165) is 0 Å². The molecule has 0 radical (unpaired) electrons. The average molecular weight is 298 g/mol. The summed E-state index contributed by atoms with van der Waals surface area (Å²) < 4.78 is 4.66. The van der Waals surface area contributed by atoms with Crippen LogP contribution in [0.25, 0.3) is 11.1 Å². The lowest BCUT2D eigenvalue weighted by atomic mass is 10.0. The number of hydrogen-bond acceptors (Lipinski definition) is 3. The molecule has 0 aliphatic heterocycles. The van der Waals surface area contributed by atoms with Crippen LogP contribution < -0.4 is 5.56 Å². The van der Waals surface area contributed by atoms with E-state index in [1.807, 2.05) is 0 Å². The molecule has 1 aromatic heterocycles. The van der Waals surface area contributed by atoms with Crippen LogP contribution in [0.2, 0.25) is 10.0 Å². The first-order valence-electron chi connectivity index (χ1n) is 5.29. The first-order chi connectivity index (χ1) is 9.02. The number of hydrogen-bond donors (Lipinski definition) is 1. The molecule has 0 aliphatic carbocycles. The summed E-state index contributed by atoms with van der Waals surface area (Å²) in [4.78, 5) is 26.1. The van der Waals surface area contributed by atoms with Crippen LogP contribution in [-0.2, 0) is 4.74 Å².